The van der Waals surface area contributed by atoms with Crippen molar-refractivity contribution in [2.45, 2.75) is 12.6 Å². The normalized spacial score (nSPS) is 11.5. The summed E-state index contributed by atoms with van der Waals surface area (Å²) in [5.41, 5.74) is 0.613. The number of ether oxygens (including phenoxy) is 1. The van der Waals surface area contributed by atoms with Crippen LogP contribution in [0.1, 0.15) is 5.69 Å². The molecule has 1 heterocycles. The van der Waals surface area contributed by atoms with E-state index in [-0.39, 0.29) is 6.42 Å². The van der Waals surface area contributed by atoms with E-state index in [1.807, 2.05) is 0 Å². The largest absolute Gasteiger partial charge is 0.456 e. The first-order valence-electron chi connectivity index (χ1n) is 4.21. The molecule has 0 unspecified atom stereocenters. The lowest BCUT2D eigenvalue weighted by Crippen LogP contribution is -2.21. The Morgan fingerprint density at radius 3 is 2.67 bits per heavy atom. The molecule has 0 atom stereocenters. The van der Waals surface area contributed by atoms with Gasteiger partial charge in [0.05, 0.1) is 6.42 Å². The number of hydrogen-bond acceptors (Lipinski definition) is 2. The molecule has 84 valence electrons. The summed E-state index contributed by atoms with van der Waals surface area (Å²) in [6, 6.07) is 3.35. The van der Waals surface area contributed by atoms with Gasteiger partial charge in [-0.15, -0.1) is 0 Å². The van der Waals surface area contributed by atoms with Crippen molar-refractivity contribution in [1.82, 2.24) is 4.57 Å². The fourth-order valence-electron chi connectivity index (χ4n) is 1.04. The summed E-state index contributed by atoms with van der Waals surface area (Å²) in [7, 11) is 1.70. The number of carbonyl (C=O) groups is 1. The van der Waals surface area contributed by atoms with Crippen molar-refractivity contribution < 1.29 is 22.7 Å². The molecule has 0 aliphatic carbocycles. The molecule has 1 aromatic heterocycles. The second-order valence-corrected chi connectivity index (χ2v) is 3.06. The molecule has 3 nitrogen and oxygen atoms in total. The van der Waals surface area contributed by atoms with E-state index in [2.05, 4.69) is 4.74 Å². The number of hydrogen-bond donors (Lipinski definition) is 0. The number of aromatic nitrogens is 1. The molecule has 0 radical (unpaired) electrons. The van der Waals surface area contributed by atoms with Crippen LogP contribution >= 0.6 is 0 Å². The predicted octanol–water partition coefficient (Wildman–Crippen LogP) is 1.67. The lowest BCUT2D eigenvalue weighted by molar-refractivity contribution is -0.185. The van der Waals surface area contributed by atoms with Gasteiger partial charge in [0.25, 0.3) is 0 Å². The average Bonchev–Trinajstić information content (AvgIpc) is 2.47. The van der Waals surface area contributed by atoms with Crippen molar-refractivity contribution in [3.05, 3.63) is 24.0 Å². The van der Waals surface area contributed by atoms with E-state index in [4.69, 9.17) is 0 Å². The van der Waals surface area contributed by atoms with E-state index in [0.717, 1.165) is 0 Å². The number of alkyl halides is 3. The number of rotatable bonds is 3. The monoisotopic (exact) mass is 221 g/mol. The molecule has 0 spiro atoms. The standard InChI is InChI=1S/C9H10F3NO2/c1-13-4-2-3-7(13)5-8(14)15-6-9(10,11)12/h2-4H,5-6H2,1H3. The molecule has 0 saturated heterocycles. The Hall–Kier alpha value is -1.46. The maximum atomic E-state index is 11.7. The zero-order valence-corrected chi connectivity index (χ0v) is 8.04. The summed E-state index contributed by atoms with van der Waals surface area (Å²) in [6.07, 6.45) is -2.92. The predicted molar refractivity (Wildman–Crippen MR) is 46.1 cm³/mol. The second-order valence-electron chi connectivity index (χ2n) is 3.06. The van der Waals surface area contributed by atoms with Gasteiger partial charge >= 0.3 is 12.1 Å². The molecule has 0 aliphatic heterocycles. The van der Waals surface area contributed by atoms with Crippen molar-refractivity contribution in [3.63, 3.8) is 0 Å². The average molecular weight is 221 g/mol. The molecule has 0 amide bonds. The number of aryl methyl sites for hydroxylation is 1. The second kappa shape index (κ2) is 4.37. The fourth-order valence-corrected chi connectivity index (χ4v) is 1.04. The minimum atomic E-state index is -4.47. The van der Waals surface area contributed by atoms with Gasteiger partial charge in [0.1, 0.15) is 0 Å². The van der Waals surface area contributed by atoms with Crippen LogP contribution in [0, 0.1) is 0 Å². The van der Waals surface area contributed by atoms with Crippen molar-refractivity contribution in [1.29, 1.82) is 0 Å². The van der Waals surface area contributed by atoms with Crippen molar-refractivity contribution >= 4 is 5.97 Å². The maximum absolute atomic E-state index is 11.7. The fraction of sp³-hybridized carbons (Fsp3) is 0.444. The highest BCUT2D eigenvalue weighted by atomic mass is 19.4. The van der Waals surface area contributed by atoms with Crippen LogP contribution in [0.25, 0.3) is 0 Å². The van der Waals surface area contributed by atoms with Gasteiger partial charge in [0.2, 0.25) is 0 Å². The highest BCUT2D eigenvalue weighted by molar-refractivity contribution is 5.72. The molecule has 1 rings (SSSR count). The summed E-state index contributed by atoms with van der Waals surface area (Å²) < 4.78 is 40.8. The molecule has 0 bridgehead atoms. The van der Waals surface area contributed by atoms with Crippen LogP contribution in [0.5, 0.6) is 0 Å². The molecule has 0 saturated carbocycles. The molecular formula is C9H10F3NO2. The SMILES string of the molecule is Cn1cccc1CC(=O)OCC(F)(F)F. The number of carbonyl (C=O) groups excluding carboxylic acids is 1. The first-order valence-corrected chi connectivity index (χ1v) is 4.21. The quantitative estimate of drug-likeness (QED) is 0.727. The van der Waals surface area contributed by atoms with Gasteiger partial charge in [-0.05, 0) is 12.1 Å². The number of halogens is 3. The molecule has 6 heteroatoms. The van der Waals surface area contributed by atoms with E-state index >= 15 is 0 Å². The molecule has 1 aromatic rings. The summed E-state index contributed by atoms with van der Waals surface area (Å²) in [4.78, 5) is 11.0. The highest BCUT2D eigenvalue weighted by Gasteiger charge is 2.29. The Kier molecular flexibility index (Phi) is 3.39. The van der Waals surface area contributed by atoms with Crippen LogP contribution in [0.15, 0.2) is 18.3 Å². The van der Waals surface area contributed by atoms with Gasteiger partial charge in [-0.2, -0.15) is 13.2 Å². The van der Waals surface area contributed by atoms with Gasteiger partial charge in [-0.1, -0.05) is 0 Å². The van der Waals surface area contributed by atoms with Crippen LogP contribution in [-0.2, 0) is 23.0 Å². The summed E-state index contributed by atoms with van der Waals surface area (Å²) >= 11 is 0. The Morgan fingerprint density at radius 1 is 1.53 bits per heavy atom. The highest BCUT2D eigenvalue weighted by Crippen LogP contribution is 2.14. The molecule has 15 heavy (non-hydrogen) atoms. The maximum Gasteiger partial charge on any atom is 0.422 e. The van der Waals surface area contributed by atoms with Crippen molar-refractivity contribution in [2.75, 3.05) is 6.61 Å². The molecule has 0 aliphatic rings. The van der Waals surface area contributed by atoms with Gasteiger partial charge in [-0.25, -0.2) is 0 Å². The zero-order valence-electron chi connectivity index (χ0n) is 8.04. The van der Waals surface area contributed by atoms with Crippen LogP contribution in [0.3, 0.4) is 0 Å². The first-order chi connectivity index (χ1) is 6.88. The van der Waals surface area contributed by atoms with E-state index in [9.17, 15) is 18.0 Å². The number of esters is 1. The van der Waals surface area contributed by atoms with E-state index < -0.39 is 18.8 Å². The Bertz CT molecular complexity index is 343. The lowest BCUT2D eigenvalue weighted by Gasteiger charge is -2.08. The Morgan fingerprint density at radius 2 is 2.20 bits per heavy atom. The summed E-state index contributed by atoms with van der Waals surface area (Å²) in [5.74, 6) is -0.880. The molecule has 0 N–H and O–H groups in total. The minimum Gasteiger partial charge on any atom is -0.456 e. The third kappa shape index (κ3) is 4.05. The van der Waals surface area contributed by atoms with Gasteiger partial charge in [-0.3, -0.25) is 4.79 Å². The third-order valence-corrected chi connectivity index (χ3v) is 1.77. The molecule has 0 aromatic carbocycles. The van der Waals surface area contributed by atoms with Gasteiger partial charge in [0.15, 0.2) is 6.61 Å². The number of nitrogens with zero attached hydrogens (tertiary/aromatic N) is 1. The molecular weight excluding hydrogens is 211 g/mol. The topological polar surface area (TPSA) is 31.2 Å². The smallest absolute Gasteiger partial charge is 0.422 e. The van der Waals surface area contributed by atoms with Crippen LogP contribution in [0.2, 0.25) is 0 Å². The van der Waals surface area contributed by atoms with Crippen molar-refractivity contribution in [2.24, 2.45) is 7.05 Å². The first kappa shape index (κ1) is 11.6. The van der Waals surface area contributed by atoms with Gasteiger partial charge < -0.3 is 9.30 Å². The summed E-state index contributed by atoms with van der Waals surface area (Å²) in [6.45, 7) is -1.53. The molecule has 0 fully saturated rings. The minimum absolute atomic E-state index is 0.153. The summed E-state index contributed by atoms with van der Waals surface area (Å²) in [5, 5.41) is 0. The van der Waals surface area contributed by atoms with Crippen molar-refractivity contribution in [3.8, 4) is 0 Å². The van der Waals surface area contributed by atoms with Crippen LogP contribution in [-0.4, -0.2) is 23.3 Å². The third-order valence-electron chi connectivity index (χ3n) is 1.77. The van der Waals surface area contributed by atoms with Crippen LogP contribution in [0.4, 0.5) is 13.2 Å². The zero-order chi connectivity index (χ0) is 11.5. The van der Waals surface area contributed by atoms with E-state index in [0.29, 0.717) is 5.69 Å². The van der Waals surface area contributed by atoms with E-state index in [1.165, 1.54) is 0 Å². The van der Waals surface area contributed by atoms with Gasteiger partial charge in [0, 0.05) is 18.9 Å². The van der Waals surface area contributed by atoms with E-state index in [1.54, 1.807) is 29.9 Å². The Labute approximate surface area is 84.4 Å². The Balaban J connectivity index is 2.41. The lowest BCUT2D eigenvalue weighted by atomic mass is 10.3. The van der Waals surface area contributed by atoms with Crippen LogP contribution < -0.4 is 0 Å².